The molecule has 0 heterocycles. The van der Waals surface area contributed by atoms with Crippen LogP contribution >= 0.6 is 39.7 Å². The SMILES string of the molecule is COCCOc1ccc(Br)cc1C(=O)NC(=S)Nc1ccc([N+](=O)[O-])cc1Cl. The van der Waals surface area contributed by atoms with Gasteiger partial charge in [0.2, 0.25) is 0 Å². The predicted octanol–water partition coefficient (Wildman–Crippen LogP) is 4.16. The fourth-order valence-electron chi connectivity index (χ4n) is 2.08. The van der Waals surface area contributed by atoms with Crippen LogP contribution in [0, 0.1) is 10.1 Å². The van der Waals surface area contributed by atoms with E-state index in [4.69, 9.17) is 33.3 Å². The highest BCUT2D eigenvalue weighted by atomic mass is 79.9. The van der Waals surface area contributed by atoms with E-state index in [1.54, 1.807) is 25.3 Å². The quantitative estimate of drug-likeness (QED) is 0.261. The Morgan fingerprint density at radius 2 is 2.04 bits per heavy atom. The maximum atomic E-state index is 12.6. The van der Waals surface area contributed by atoms with Crippen molar-refractivity contribution in [2.75, 3.05) is 25.6 Å². The highest BCUT2D eigenvalue weighted by Crippen LogP contribution is 2.27. The second kappa shape index (κ2) is 10.3. The molecule has 2 N–H and O–H groups in total. The summed E-state index contributed by atoms with van der Waals surface area (Å²) >= 11 is 14.5. The summed E-state index contributed by atoms with van der Waals surface area (Å²) in [6.07, 6.45) is 0. The summed E-state index contributed by atoms with van der Waals surface area (Å²) in [7, 11) is 1.55. The normalized spacial score (nSPS) is 10.2. The van der Waals surface area contributed by atoms with E-state index in [-0.39, 0.29) is 28.0 Å². The first kappa shape index (κ1) is 22.0. The number of non-ortho nitro benzene ring substituents is 1. The molecule has 0 saturated carbocycles. The van der Waals surface area contributed by atoms with E-state index >= 15 is 0 Å². The minimum Gasteiger partial charge on any atom is -0.490 e. The van der Waals surface area contributed by atoms with Crippen molar-refractivity contribution in [2.24, 2.45) is 0 Å². The summed E-state index contributed by atoms with van der Waals surface area (Å²) in [4.78, 5) is 22.8. The Morgan fingerprint density at radius 1 is 1.29 bits per heavy atom. The Morgan fingerprint density at radius 3 is 2.68 bits per heavy atom. The van der Waals surface area contributed by atoms with Gasteiger partial charge < -0.3 is 14.8 Å². The second-order valence-electron chi connectivity index (χ2n) is 5.31. The van der Waals surface area contributed by atoms with Gasteiger partial charge in [-0.25, -0.2) is 0 Å². The van der Waals surface area contributed by atoms with E-state index in [1.165, 1.54) is 18.2 Å². The van der Waals surface area contributed by atoms with Gasteiger partial charge in [-0.05, 0) is 36.5 Å². The molecule has 148 valence electrons. The number of rotatable bonds is 7. The molecule has 11 heteroatoms. The van der Waals surface area contributed by atoms with Crippen LogP contribution in [0.3, 0.4) is 0 Å². The van der Waals surface area contributed by atoms with Gasteiger partial charge in [-0.15, -0.1) is 0 Å². The molecular formula is C17H15BrClN3O5S. The average Bonchev–Trinajstić information content (AvgIpc) is 2.64. The van der Waals surface area contributed by atoms with E-state index in [1.807, 2.05) is 0 Å². The second-order valence-corrected chi connectivity index (χ2v) is 7.04. The zero-order valence-corrected chi connectivity index (χ0v) is 17.7. The van der Waals surface area contributed by atoms with Gasteiger partial charge >= 0.3 is 0 Å². The van der Waals surface area contributed by atoms with Crippen LogP contribution in [0.1, 0.15) is 10.4 Å². The summed E-state index contributed by atoms with van der Waals surface area (Å²) in [5.41, 5.74) is 0.435. The minimum atomic E-state index is -0.561. The molecule has 0 spiro atoms. The van der Waals surface area contributed by atoms with Gasteiger partial charge in [-0.2, -0.15) is 0 Å². The molecule has 0 radical (unpaired) electrons. The average molecular weight is 489 g/mol. The van der Waals surface area contributed by atoms with E-state index in [9.17, 15) is 14.9 Å². The van der Waals surface area contributed by atoms with Crippen LogP contribution in [0.5, 0.6) is 5.75 Å². The minimum absolute atomic E-state index is 0.0245. The summed E-state index contributed by atoms with van der Waals surface area (Å²) in [6, 6.07) is 8.85. The molecule has 2 aromatic rings. The van der Waals surface area contributed by atoms with Crippen LogP contribution in [0.25, 0.3) is 0 Å². The molecule has 2 rings (SSSR count). The van der Waals surface area contributed by atoms with Crippen molar-refractivity contribution in [1.82, 2.24) is 5.32 Å². The number of benzene rings is 2. The molecule has 0 aromatic heterocycles. The Bertz CT molecular complexity index is 912. The van der Waals surface area contributed by atoms with Crippen LogP contribution in [0.15, 0.2) is 40.9 Å². The molecule has 0 saturated heterocycles. The van der Waals surface area contributed by atoms with E-state index in [0.29, 0.717) is 22.5 Å². The molecule has 2 aromatic carbocycles. The predicted molar refractivity (Wildman–Crippen MR) is 113 cm³/mol. The van der Waals surface area contributed by atoms with Crippen molar-refractivity contribution >= 4 is 62.1 Å². The van der Waals surface area contributed by atoms with E-state index in [2.05, 4.69) is 26.6 Å². The highest BCUT2D eigenvalue weighted by molar-refractivity contribution is 9.10. The lowest BCUT2D eigenvalue weighted by atomic mass is 10.2. The fourth-order valence-corrected chi connectivity index (χ4v) is 2.87. The number of hydrogen-bond acceptors (Lipinski definition) is 6. The smallest absolute Gasteiger partial charge is 0.271 e. The molecule has 0 unspecified atom stereocenters. The van der Waals surface area contributed by atoms with Gasteiger partial charge in [-0.3, -0.25) is 20.2 Å². The van der Waals surface area contributed by atoms with Crippen molar-refractivity contribution in [3.05, 3.63) is 61.6 Å². The zero-order valence-electron chi connectivity index (χ0n) is 14.5. The number of thiocarbonyl (C=S) groups is 1. The molecule has 0 aliphatic carbocycles. The number of halogens is 2. The van der Waals surface area contributed by atoms with Crippen molar-refractivity contribution in [3.8, 4) is 5.75 Å². The van der Waals surface area contributed by atoms with Gasteiger partial charge in [-0.1, -0.05) is 27.5 Å². The third kappa shape index (κ3) is 6.13. The summed E-state index contributed by atoms with van der Waals surface area (Å²) in [5, 5.41) is 16.1. The number of nitrogens with zero attached hydrogens (tertiary/aromatic N) is 1. The Hall–Kier alpha value is -2.27. The lowest BCUT2D eigenvalue weighted by Gasteiger charge is -2.14. The third-order valence-corrected chi connectivity index (χ3v) is 4.38. The molecule has 0 atom stereocenters. The van der Waals surface area contributed by atoms with Gasteiger partial charge in [0, 0.05) is 23.7 Å². The van der Waals surface area contributed by atoms with Crippen molar-refractivity contribution < 1.29 is 19.2 Å². The van der Waals surface area contributed by atoms with Crippen molar-refractivity contribution in [3.63, 3.8) is 0 Å². The number of amides is 1. The maximum Gasteiger partial charge on any atom is 0.271 e. The molecule has 0 aliphatic rings. The summed E-state index contributed by atoms with van der Waals surface area (Å²) in [6.45, 7) is 0.648. The standard InChI is InChI=1S/C17H15BrClN3O5S/c1-26-6-7-27-15-5-2-10(18)8-12(15)16(23)21-17(28)20-14-4-3-11(22(24)25)9-13(14)19/h2-5,8-9H,6-7H2,1H3,(H2,20,21,23,28). The number of nitro groups is 1. The lowest BCUT2D eigenvalue weighted by Crippen LogP contribution is -2.34. The number of anilines is 1. The number of carbonyl (C=O) groups excluding carboxylic acids is 1. The monoisotopic (exact) mass is 487 g/mol. The first-order valence-corrected chi connectivity index (χ1v) is 9.37. The maximum absolute atomic E-state index is 12.6. The zero-order chi connectivity index (χ0) is 20.7. The fraction of sp³-hybridized carbons (Fsp3) is 0.176. The highest BCUT2D eigenvalue weighted by Gasteiger charge is 2.16. The van der Waals surface area contributed by atoms with Crippen LogP contribution < -0.4 is 15.4 Å². The first-order chi connectivity index (χ1) is 13.3. The van der Waals surface area contributed by atoms with Crippen LogP contribution in [-0.4, -0.2) is 36.3 Å². The first-order valence-electron chi connectivity index (χ1n) is 7.79. The number of nitrogens with one attached hydrogen (secondary N) is 2. The molecule has 0 bridgehead atoms. The van der Waals surface area contributed by atoms with Gasteiger partial charge in [0.25, 0.3) is 11.6 Å². The Labute approximate surface area is 179 Å². The van der Waals surface area contributed by atoms with E-state index < -0.39 is 10.8 Å². The molecule has 0 aliphatic heterocycles. The molecule has 8 nitrogen and oxygen atoms in total. The summed E-state index contributed by atoms with van der Waals surface area (Å²) in [5.74, 6) is -0.127. The van der Waals surface area contributed by atoms with Crippen molar-refractivity contribution in [2.45, 2.75) is 0 Å². The van der Waals surface area contributed by atoms with Crippen molar-refractivity contribution in [1.29, 1.82) is 0 Å². The number of methoxy groups -OCH3 is 1. The van der Waals surface area contributed by atoms with Crippen LogP contribution in [0.2, 0.25) is 5.02 Å². The number of ether oxygens (including phenoxy) is 2. The number of carbonyl (C=O) groups is 1. The number of nitro benzene ring substituents is 1. The van der Waals surface area contributed by atoms with Gasteiger partial charge in [0.1, 0.15) is 12.4 Å². The largest absolute Gasteiger partial charge is 0.490 e. The molecule has 1 amide bonds. The third-order valence-electron chi connectivity index (χ3n) is 3.37. The van der Waals surface area contributed by atoms with Gasteiger partial charge in [0.15, 0.2) is 5.11 Å². The molecular weight excluding hydrogens is 474 g/mol. The summed E-state index contributed by atoms with van der Waals surface area (Å²) < 4.78 is 11.2. The topological polar surface area (TPSA) is 103 Å². The Kier molecular flexibility index (Phi) is 8.12. The Balaban J connectivity index is 2.09. The van der Waals surface area contributed by atoms with E-state index in [0.717, 1.165) is 0 Å². The van der Waals surface area contributed by atoms with Crippen LogP contribution in [0.4, 0.5) is 11.4 Å². The lowest BCUT2D eigenvalue weighted by molar-refractivity contribution is -0.384. The number of hydrogen-bond donors (Lipinski definition) is 2. The van der Waals surface area contributed by atoms with Gasteiger partial charge in [0.05, 0.1) is 27.8 Å². The molecule has 28 heavy (non-hydrogen) atoms. The van der Waals surface area contributed by atoms with Crippen LogP contribution in [-0.2, 0) is 4.74 Å². The molecule has 0 fully saturated rings.